The third-order valence-corrected chi connectivity index (χ3v) is 1.93. The Hall–Kier alpha value is -2.95. The molecule has 0 aliphatic carbocycles. The number of nitrogens with two attached hydrogens (primary N) is 1. The summed E-state index contributed by atoms with van der Waals surface area (Å²) >= 11 is 0. The average molecular weight is 230 g/mol. The quantitative estimate of drug-likeness (QED) is 0.731. The van der Waals surface area contributed by atoms with Crippen LogP contribution in [0.3, 0.4) is 0 Å². The van der Waals surface area contributed by atoms with Crippen LogP contribution in [-0.2, 0) is 0 Å². The molecule has 0 atom stereocenters. The first-order chi connectivity index (χ1) is 8.11. The lowest BCUT2D eigenvalue weighted by molar-refractivity contribution is 0.0691. The van der Waals surface area contributed by atoms with Crippen LogP contribution in [0, 0.1) is 11.3 Å². The van der Waals surface area contributed by atoms with Crippen LogP contribution in [0.5, 0.6) is 0 Å². The maximum Gasteiger partial charge on any atom is 0.358 e. The van der Waals surface area contributed by atoms with Crippen LogP contribution < -0.4 is 5.73 Å². The van der Waals surface area contributed by atoms with E-state index in [1.54, 1.807) is 0 Å². The Morgan fingerprint density at radius 1 is 1.47 bits per heavy atom. The predicted octanol–water partition coefficient (Wildman–Crippen LogP) is -0.186. The van der Waals surface area contributed by atoms with E-state index in [1.165, 1.54) is 23.3 Å². The second-order valence-corrected chi connectivity index (χ2v) is 3.05. The van der Waals surface area contributed by atoms with E-state index >= 15 is 0 Å². The van der Waals surface area contributed by atoms with E-state index in [-0.39, 0.29) is 22.9 Å². The third kappa shape index (κ3) is 1.89. The molecule has 0 aliphatic rings. The molecule has 0 aromatic carbocycles. The van der Waals surface area contributed by atoms with Crippen LogP contribution in [0.2, 0.25) is 0 Å². The number of carboxylic acids is 1. The van der Waals surface area contributed by atoms with Crippen molar-refractivity contribution in [1.29, 1.82) is 5.26 Å². The molecule has 0 fully saturated rings. The van der Waals surface area contributed by atoms with E-state index in [2.05, 4.69) is 15.1 Å². The molecule has 84 valence electrons. The Morgan fingerprint density at radius 2 is 2.24 bits per heavy atom. The van der Waals surface area contributed by atoms with Gasteiger partial charge in [0.05, 0.1) is 24.3 Å². The Bertz CT molecular complexity index is 609. The molecule has 2 aromatic heterocycles. The van der Waals surface area contributed by atoms with E-state index in [4.69, 9.17) is 16.1 Å². The van der Waals surface area contributed by atoms with Crippen molar-refractivity contribution in [2.75, 3.05) is 5.73 Å². The summed E-state index contributed by atoms with van der Waals surface area (Å²) in [7, 11) is 0. The second kappa shape index (κ2) is 3.90. The van der Waals surface area contributed by atoms with Crippen LogP contribution in [0.15, 0.2) is 18.6 Å². The van der Waals surface area contributed by atoms with Crippen molar-refractivity contribution in [3.8, 4) is 11.9 Å². The van der Waals surface area contributed by atoms with Gasteiger partial charge in [-0.3, -0.25) is 0 Å². The molecule has 0 saturated heterocycles. The SMILES string of the molecule is N#Cc1cnc(-n2cc(N)c(C(=O)O)n2)cn1. The first-order valence-electron chi connectivity index (χ1n) is 4.43. The zero-order chi connectivity index (χ0) is 12.4. The van der Waals surface area contributed by atoms with Crippen LogP contribution in [-0.4, -0.2) is 30.8 Å². The van der Waals surface area contributed by atoms with E-state index in [0.29, 0.717) is 0 Å². The topological polar surface area (TPSA) is 131 Å². The molecule has 8 nitrogen and oxygen atoms in total. The average Bonchev–Trinajstić information content (AvgIpc) is 2.71. The highest BCUT2D eigenvalue weighted by molar-refractivity contribution is 5.91. The minimum absolute atomic E-state index is 0.0312. The summed E-state index contributed by atoms with van der Waals surface area (Å²) in [5.41, 5.74) is 5.41. The molecule has 2 heterocycles. The first kappa shape index (κ1) is 10.6. The van der Waals surface area contributed by atoms with Gasteiger partial charge in [-0.05, 0) is 0 Å². The molecule has 0 amide bonds. The molecule has 17 heavy (non-hydrogen) atoms. The fourth-order valence-electron chi connectivity index (χ4n) is 1.17. The number of aromatic carboxylic acids is 1. The van der Waals surface area contributed by atoms with Crippen LogP contribution in [0.4, 0.5) is 5.69 Å². The zero-order valence-electron chi connectivity index (χ0n) is 8.40. The molecule has 0 unspecified atom stereocenters. The Morgan fingerprint density at radius 3 is 2.71 bits per heavy atom. The minimum Gasteiger partial charge on any atom is -0.476 e. The number of nitriles is 1. The Kier molecular flexibility index (Phi) is 2.42. The second-order valence-electron chi connectivity index (χ2n) is 3.05. The number of hydrogen-bond donors (Lipinski definition) is 2. The summed E-state index contributed by atoms with van der Waals surface area (Å²) in [5, 5.41) is 21.1. The summed E-state index contributed by atoms with van der Waals surface area (Å²) in [6, 6.07) is 1.82. The predicted molar refractivity (Wildman–Crippen MR) is 55.2 cm³/mol. The van der Waals surface area contributed by atoms with E-state index < -0.39 is 5.97 Å². The van der Waals surface area contributed by atoms with Crippen molar-refractivity contribution in [3.05, 3.63) is 30.0 Å². The first-order valence-corrected chi connectivity index (χ1v) is 4.43. The molecule has 8 heteroatoms. The summed E-state index contributed by atoms with van der Waals surface area (Å²) in [5.74, 6) is -0.939. The fraction of sp³-hybridized carbons (Fsp3) is 0. The number of anilines is 1. The van der Waals surface area contributed by atoms with Crippen LogP contribution >= 0.6 is 0 Å². The number of aromatic nitrogens is 4. The number of nitrogen functional groups attached to an aromatic ring is 1. The van der Waals surface area contributed by atoms with Gasteiger partial charge in [-0.1, -0.05) is 0 Å². The molecule has 0 bridgehead atoms. The maximum atomic E-state index is 10.7. The number of carbonyl (C=O) groups is 1. The van der Waals surface area contributed by atoms with Crippen molar-refractivity contribution in [2.24, 2.45) is 0 Å². The summed E-state index contributed by atoms with van der Waals surface area (Å²) < 4.78 is 1.19. The van der Waals surface area contributed by atoms with Gasteiger partial charge >= 0.3 is 5.97 Å². The van der Waals surface area contributed by atoms with Crippen molar-refractivity contribution < 1.29 is 9.90 Å². The number of rotatable bonds is 2. The number of carboxylic acid groups (broad SMARTS) is 1. The molecule has 0 aliphatic heterocycles. The number of hydrogen-bond acceptors (Lipinski definition) is 6. The van der Waals surface area contributed by atoms with Crippen molar-refractivity contribution in [3.63, 3.8) is 0 Å². The van der Waals surface area contributed by atoms with Gasteiger partial charge in [0, 0.05) is 0 Å². The van der Waals surface area contributed by atoms with E-state index in [0.717, 1.165) is 0 Å². The fourth-order valence-corrected chi connectivity index (χ4v) is 1.17. The highest BCUT2D eigenvalue weighted by Crippen LogP contribution is 2.12. The van der Waals surface area contributed by atoms with Crippen molar-refractivity contribution in [1.82, 2.24) is 19.7 Å². The Labute approximate surface area is 95.0 Å². The smallest absolute Gasteiger partial charge is 0.358 e. The normalized spacial score (nSPS) is 9.82. The molecule has 0 spiro atoms. The van der Waals surface area contributed by atoms with Crippen molar-refractivity contribution >= 4 is 11.7 Å². The lowest BCUT2D eigenvalue weighted by Crippen LogP contribution is -2.04. The van der Waals surface area contributed by atoms with Crippen LogP contribution in [0.25, 0.3) is 5.82 Å². The minimum atomic E-state index is -1.22. The molecular formula is C9H6N6O2. The lowest BCUT2D eigenvalue weighted by Gasteiger charge is -1.97. The largest absolute Gasteiger partial charge is 0.476 e. The van der Waals surface area contributed by atoms with Gasteiger partial charge in [0.1, 0.15) is 6.07 Å². The molecular weight excluding hydrogens is 224 g/mol. The standard InChI is InChI=1S/C9H6N6O2/c10-1-5-2-13-7(3-12-5)15-4-6(11)8(14-15)9(16)17/h2-4H,11H2,(H,16,17). The molecule has 0 saturated carbocycles. The highest BCUT2D eigenvalue weighted by atomic mass is 16.4. The van der Waals surface area contributed by atoms with Gasteiger partial charge in [0.2, 0.25) is 0 Å². The van der Waals surface area contributed by atoms with Gasteiger partial charge in [0.15, 0.2) is 17.2 Å². The highest BCUT2D eigenvalue weighted by Gasteiger charge is 2.14. The lowest BCUT2D eigenvalue weighted by atomic mass is 10.4. The van der Waals surface area contributed by atoms with Crippen LogP contribution in [0.1, 0.15) is 16.2 Å². The maximum absolute atomic E-state index is 10.7. The zero-order valence-corrected chi connectivity index (χ0v) is 8.40. The molecule has 3 N–H and O–H groups in total. The Balaban J connectivity index is 2.43. The third-order valence-electron chi connectivity index (χ3n) is 1.93. The van der Waals surface area contributed by atoms with Gasteiger partial charge in [-0.2, -0.15) is 10.4 Å². The summed E-state index contributed by atoms with van der Waals surface area (Å²) in [6.07, 6.45) is 3.88. The van der Waals surface area contributed by atoms with Gasteiger partial charge in [0.25, 0.3) is 0 Å². The molecule has 0 radical (unpaired) electrons. The van der Waals surface area contributed by atoms with E-state index in [9.17, 15) is 4.79 Å². The van der Waals surface area contributed by atoms with E-state index in [1.807, 2.05) is 6.07 Å². The molecule has 2 aromatic rings. The van der Waals surface area contributed by atoms with Gasteiger partial charge in [-0.15, -0.1) is 0 Å². The van der Waals surface area contributed by atoms with Gasteiger partial charge in [-0.25, -0.2) is 19.4 Å². The monoisotopic (exact) mass is 230 g/mol. The van der Waals surface area contributed by atoms with Crippen molar-refractivity contribution in [2.45, 2.75) is 0 Å². The summed E-state index contributed by atoms with van der Waals surface area (Å²) in [4.78, 5) is 18.4. The molecule has 2 rings (SSSR count). The van der Waals surface area contributed by atoms with Gasteiger partial charge < -0.3 is 10.8 Å². The summed E-state index contributed by atoms with van der Waals surface area (Å²) in [6.45, 7) is 0. The number of nitrogens with zero attached hydrogens (tertiary/aromatic N) is 5.